The van der Waals surface area contributed by atoms with Gasteiger partial charge in [-0.25, -0.2) is 13.2 Å². The van der Waals surface area contributed by atoms with Gasteiger partial charge in [0.15, 0.2) is 0 Å². The van der Waals surface area contributed by atoms with E-state index in [1.54, 1.807) is 0 Å². The van der Waals surface area contributed by atoms with E-state index in [0.29, 0.717) is 0 Å². The molecule has 0 aliphatic rings. The van der Waals surface area contributed by atoms with Crippen LogP contribution in [0.5, 0.6) is 0 Å². The van der Waals surface area contributed by atoms with Crippen molar-refractivity contribution in [1.29, 1.82) is 0 Å². The summed E-state index contributed by atoms with van der Waals surface area (Å²) in [6.07, 6.45) is -17.5. The van der Waals surface area contributed by atoms with Crippen molar-refractivity contribution >= 4 is 17.3 Å². The van der Waals surface area contributed by atoms with Crippen LogP contribution in [0.25, 0.3) is 0 Å². The maximum absolute atomic E-state index is 14.1. The van der Waals surface area contributed by atoms with Crippen LogP contribution in [-0.4, -0.2) is 18.3 Å². The Morgan fingerprint density at radius 3 is 1.62 bits per heavy atom. The lowest BCUT2D eigenvalue weighted by Gasteiger charge is -2.36. The molecule has 0 aliphatic heterocycles. The average Bonchev–Trinajstić information content (AvgIpc) is 2.37. The molecular formula is C11H5ClF11N. The summed E-state index contributed by atoms with van der Waals surface area (Å²) >= 11 is 5.17. The molecule has 1 nitrogen and oxygen atoms in total. The lowest BCUT2D eigenvalue weighted by Crippen LogP contribution is -2.59. The molecule has 1 rings (SSSR count). The number of benzene rings is 1. The fourth-order valence-electron chi connectivity index (χ4n) is 1.74. The van der Waals surface area contributed by atoms with Crippen LogP contribution in [0.2, 0.25) is 5.02 Å². The lowest BCUT2D eigenvalue weighted by molar-refractivity contribution is -0.389. The van der Waals surface area contributed by atoms with E-state index in [0.717, 1.165) is 0 Å². The van der Waals surface area contributed by atoms with E-state index in [1.165, 1.54) is 0 Å². The Hall–Kier alpha value is -1.46. The highest BCUT2D eigenvalue weighted by Gasteiger charge is 2.81. The highest BCUT2D eigenvalue weighted by molar-refractivity contribution is 6.33. The normalized spacial score (nSPS) is 16.4. The van der Waals surface area contributed by atoms with Crippen LogP contribution in [0.15, 0.2) is 12.1 Å². The summed E-state index contributed by atoms with van der Waals surface area (Å²) < 4.78 is 141. The number of rotatable bonds is 3. The monoisotopic (exact) mass is 395 g/mol. The van der Waals surface area contributed by atoms with Gasteiger partial charge in [0.05, 0.1) is 10.7 Å². The van der Waals surface area contributed by atoms with Crippen molar-refractivity contribution in [3.05, 3.63) is 28.3 Å². The molecule has 0 fully saturated rings. The van der Waals surface area contributed by atoms with Gasteiger partial charge in [0, 0.05) is 11.1 Å². The molecule has 13 heteroatoms. The van der Waals surface area contributed by atoms with E-state index in [4.69, 9.17) is 17.3 Å². The molecule has 2 N–H and O–H groups in total. The zero-order valence-electron chi connectivity index (χ0n) is 10.8. The van der Waals surface area contributed by atoms with Crippen molar-refractivity contribution in [2.45, 2.75) is 30.4 Å². The second-order valence-electron chi connectivity index (χ2n) is 4.49. The summed E-state index contributed by atoms with van der Waals surface area (Å²) in [5.41, 5.74) is -6.55. The van der Waals surface area contributed by atoms with Gasteiger partial charge in [-0.15, -0.1) is 0 Å². The van der Waals surface area contributed by atoms with Gasteiger partial charge in [-0.2, -0.15) is 35.1 Å². The largest absolute Gasteiger partial charge is 0.457 e. The maximum atomic E-state index is 14.1. The number of anilines is 1. The second-order valence-corrected chi connectivity index (χ2v) is 4.90. The van der Waals surface area contributed by atoms with Crippen molar-refractivity contribution in [2.75, 3.05) is 5.73 Å². The maximum Gasteiger partial charge on any atom is 0.457 e. The minimum atomic E-state index is -6.99. The molecule has 0 saturated carbocycles. The Labute approximate surface area is 131 Å². The molecule has 0 saturated heterocycles. The first-order valence-electron chi connectivity index (χ1n) is 5.56. The van der Waals surface area contributed by atoms with Crippen molar-refractivity contribution < 1.29 is 48.3 Å². The predicted molar refractivity (Wildman–Crippen MR) is 60.7 cm³/mol. The van der Waals surface area contributed by atoms with Crippen LogP contribution < -0.4 is 5.73 Å². The number of nitrogens with two attached hydrogens (primary N) is 1. The van der Waals surface area contributed by atoms with Gasteiger partial charge in [0.25, 0.3) is 6.43 Å². The molecule has 0 amide bonds. The number of nitrogen functional groups attached to an aromatic ring is 1. The minimum absolute atomic E-state index is 0.310. The van der Waals surface area contributed by atoms with Gasteiger partial charge in [0.1, 0.15) is 0 Å². The quantitative estimate of drug-likeness (QED) is 0.509. The zero-order chi connectivity index (χ0) is 19.3. The standard InChI is InChI=1S/C11H5ClF11N/c12-5-2-3(1-4(6(5)24)7(13)14)8(15,10(18,19)20)9(16,17)11(21,22)23/h1-2,7H,24H2. The van der Waals surface area contributed by atoms with Crippen LogP contribution in [0.4, 0.5) is 54.0 Å². The molecule has 138 valence electrons. The van der Waals surface area contributed by atoms with E-state index in [1.807, 2.05) is 0 Å². The third kappa shape index (κ3) is 2.95. The van der Waals surface area contributed by atoms with Crippen molar-refractivity contribution in [1.82, 2.24) is 0 Å². The van der Waals surface area contributed by atoms with Gasteiger partial charge in [0.2, 0.25) is 0 Å². The topological polar surface area (TPSA) is 26.0 Å². The summed E-state index contributed by atoms with van der Waals surface area (Å²) in [5, 5.41) is -1.24. The Morgan fingerprint density at radius 2 is 1.29 bits per heavy atom. The fraction of sp³-hybridized carbons (Fsp3) is 0.455. The van der Waals surface area contributed by atoms with Gasteiger partial charge in [-0.05, 0) is 12.1 Å². The SMILES string of the molecule is Nc1c(Cl)cc(C(F)(C(F)(F)F)C(F)(F)C(F)(F)F)cc1C(F)F. The van der Waals surface area contributed by atoms with Gasteiger partial charge < -0.3 is 5.73 Å². The van der Waals surface area contributed by atoms with Crippen LogP contribution >= 0.6 is 11.6 Å². The molecule has 1 unspecified atom stereocenters. The third-order valence-electron chi connectivity index (χ3n) is 2.97. The van der Waals surface area contributed by atoms with E-state index in [-0.39, 0.29) is 6.07 Å². The van der Waals surface area contributed by atoms with Crippen molar-refractivity contribution in [3.8, 4) is 0 Å². The summed E-state index contributed by atoms with van der Waals surface area (Å²) in [4.78, 5) is 0. The van der Waals surface area contributed by atoms with E-state index < -0.39 is 58.3 Å². The molecule has 0 bridgehead atoms. The molecular weight excluding hydrogens is 391 g/mol. The number of halogens is 12. The molecule has 1 aromatic rings. The third-order valence-corrected chi connectivity index (χ3v) is 3.29. The molecule has 24 heavy (non-hydrogen) atoms. The Kier molecular flexibility index (Phi) is 4.99. The summed E-state index contributed by atoms with van der Waals surface area (Å²) in [7, 11) is 0. The van der Waals surface area contributed by atoms with Crippen LogP contribution in [0.1, 0.15) is 17.6 Å². The summed E-state index contributed by atoms with van der Waals surface area (Å²) in [5.74, 6) is -6.99. The zero-order valence-corrected chi connectivity index (χ0v) is 11.6. The molecule has 0 radical (unpaired) electrons. The van der Waals surface area contributed by atoms with Gasteiger partial charge >= 0.3 is 23.9 Å². The highest BCUT2D eigenvalue weighted by atomic mass is 35.5. The van der Waals surface area contributed by atoms with Crippen molar-refractivity contribution in [2.24, 2.45) is 0 Å². The molecule has 0 aliphatic carbocycles. The minimum Gasteiger partial charge on any atom is -0.397 e. The highest BCUT2D eigenvalue weighted by Crippen LogP contribution is 2.59. The van der Waals surface area contributed by atoms with Gasteiger partial charge in [-0.3, -0.25) is 0 Å². The summed E-state index contributed by atoms with van der Waals surface area (Å²) in [6.45, 7) is 0. The molecule has 0 heterocycles. The van der Waals surface area contributed by atoms with Gasteiger partial charge in [-0.1, -0.05) is 11.6 Å². The average molecular weight is 396 g/mol. The van der Waals surface area contributed by atoms with E-state index in [2.05, 4.69) is 0 Å². The predicted octanol–water partition coefficient (Wildman–Crippen LogP) is 5.78. The molecule has 0 spiro atoms. The number of alkyl halides is 11. The van der Waals surface area contributed by atoms with Crippen LogP contribution in [0, 0.1) is 0 Å². The molecule has 1 atom stereocenters. The first kappa shape index (κ1) is 20.6. The van der Waals surface area contributed by atoms with E-state index in [9.17, 15) is 48.3 Å². The van der Waals surface area contributed by atoms with Crippen LogP contribution in [-0.2, 0) is 5.67 Å². The molecule has 1 aromatic carbocycles. The second kappa shape index (κ2) is 5.81. The number of hydrogen-bond acceptors (Lipinski definition) is 1. The summed E-state index contributed by atoms with van der Waals surface area (Å²) in [6, 6.07) is -0.838. The Morgan fingerprint density at radius 1 is 0.833 bits per heavy atom. The van der Waals surface area contributed by atoms with Crippen molar-refractivity contribution in [3.63, 3.8) is 0 Å². The Balaban J connectivity index is 3.85. The van der Waals surface area contributed by atoms with E-state index >= 15 is 0 Å². The first-order valence-corrected chi connectivity index (χ1v) is 5.94. The molecule has 0 aromatic heterocycles. The lowest BCUT2D eigenvalue weighted by atomic mass is 9.86. The first-order chi connectivity index (χ1) is 10.5. The fourth-order valence-corrected chi connectivity index (χ4v) is 1.96. The number of hydrogen-bond donors (Lipinski definition) is 1. The van der Waals surface area contributed by atoms with Crippen LogP contribution in [0.3, 0.4) is 0 Å². The smallest absolute Gasteiger partial charge is 0.397 e. The Bertz CT molecular complexity index is 622.